The van der Waals surface area contributed by atoms with Crippen LogP contribution in [-0.4, -0.2) is 16.6 Å². The number of hydrogen-bond acceptors (Lipinski definition) is 4. The number of nitrogen functional groups attached to an aromatic ring is 1. The van der Waals surface area contributed by atoms with Gasteiger partial charge in [0.2, 0.25) is 5.91 Å². The molecule has 0 spiro atoms. The van der Waals surface area contributed by atoms with Crippen molar-refractivity contribution in [3.8, 4) is 0 Å². The molecule has 1 aromatic heterocycles. The zero-order chi connectivity index (χ0) is 14.5. The Labute approximate surface area is 120 Å². The Hall–Kier alpha value is -2.08. The lowest BCUT2D eigenvalue weighted by Crippen LogP contribution is -2.14. The first-order valence-corrected chi connectivity index (χ1v) is 6.93. The summed E-state index contributed by atoms with van der Waals surface area (Å²) in [7, 11) is 0. The molecule has 4 nitrogen and oxygen atoms in total. The first kappa shape index (κ1) is 14.3. The maximum atomic E-state index is 13.3. The summed E-state index contributed by atoms with van der Waals surface area (Å²) in [5.41, 5.74) is 6.48. The van der Waals surface area contributed by atoms with E-state index in [9.17, 15) is 9.18 Å². The maximum absolute atomic E-state index is 13.3. The average molecular weight is 291 g/mol. The molecule has 0 saturated carbocycles. The number of carbonyl (C=O) groups is 1. The third-order valence-corrected chi connectivity index (χ3v) is 3.57. The molecule has 0 radical (unpaired) electrons. The molecule has 0 aliphatic carbocycles. The van der Waals surface area contributed by atoms with Gasteiger partial charge in [0.15, 0.2) is 0 Å². The van der Waals surface area contributed by atoms with Gasteiger partial charge >= 0.3 is 0 Å². The highest BCUT2D eigenvalue weighted by molar-refractivity contribution is 8.00. The fraction of sp³-hybridized carbons (Fsp3) is 0.143. The second-order valence-corrected chi connectivity index (χ2v) is 5.27. The second-order valence-electron chi connectivity index (χ2n) is 4.22. The normalized spacial score (nSPS) is 10.3. The Bertz CT molecular complexity index is 616. The zero-order valence-electron chi connectivity index (χ0n) is 10.9. The van der Waals surface area contributed by atoms with Crippen LogP contribution in [0.25, 0.3) is 0 Å². The highest BCUT2D eigenvalue weighted by atomic mass is 32.2. The predicted octanol–water partition coefficient (Wildman–Crippen LogP) is 2.84. The molecule has 104 valence electrons. The Kier molecular flexibility index (Phi) is 4.57. The van der Waals surface area contributed by atoms with Crippen molar-refractivity contribution in [2.45, 2.75) is 11.8 Å². The van der Waals surface area contributed by atoms with Crippen molar-refractivity contribution in [2.24, 2.45) is 0 Å². The van der Waals surface area contributed by atoms with E-state index >= 15 is 0 Å². The first-order chi connectivity index (χ1) is 9.54. The molecule has 20 heavy (non-hydrogen) atoms. The zero-order valence-corrected chi connectivity index (χ0v) is 11.7. The molecule has 0 aliphatic rings. The molecule has 6 heteroatoms. The number of aromatic nitrogens is 1. The number of nitrogens with two attached hydrogens (primary N) is 1. The fourth-order valence-electron chi connectivity index (χ4n) is 1.49. The number of aryl methyl sites for hydroxylation is 1. The van der Waals surface area contributed by atoms with E-state index in [0.29, 0.717) is 17.1 Å². The Morgan fingerprint density at radius 1 is 1.40 bits per heavy atom. The van der Waals surface area contributed by atoms with Crippen molar-refractivity contribution in [1.29, 1.82) is 0 Å². The van der Waals surface area contributed by atoms with E-state index < -0.39 is 0 Å². The van der Waals surface area contributed by atoms with Crippen LogP contribution < -0.4 is 11.1 Å². The number of halogens is 1. The predicted molar refractivity (Wildman–Crippen MR) is 79.1 cm³/mol. The minimum atomic E-state index is -0.335. The topological polar surface area (TPSA) is 68.0 Å². The van der Waals surface area contributed by atoms with Gasteiger partial charge in [-0.15, -0.1) is 11.8 Å². The van der Waals surface area contributed by atoms with E-state index in [1.165, 1.54) is 17.8 Å². The number of nitrogens with zero attached hydrogens (tertiary/aromatic N) is 1. The number of rotatable bonds is 4. The van der Waals surface area contributed by atoms with Gasteiger partial charge in [-0.3, -0.25) is 4.79 Å². The molecule has 1 amide bonds. The molecule has 0 unspecified atom stereocenters. The van der Waals surface area contributed by atoms with Crippen molar-refractivity contribution in [1.82, 2.24) is 4.98 Å². The Morgan fingerprint density at radius 3 is 2.85 bits per heavy atom. The number of thioether (sulfide) groups is 1. The van der Waals surface area contributed by atoms with E-state index in [-0.39, 0.29) is 17.5 Å². The van der Waals surface area contributed by atoms with Gasteiger partial charge in [0, 0.05) is 16.8 Å². The summed E-state index contributed by atoms with van der Waals surface area (Å²) in [6.07, 6.45) is 1.61. The molecule has 3 N–H and O–H groups in total. The van der Waals surface area contributed by atoms with Gasteiger partial charge in [0.1, 0.15) is 11.6 Å². The molecule has 1 aromatic carbocycles. The van der Waals surface area contributed by atoms with Crippen molar-refractivity contribution in [3.05, 3.63) is 47.9 Å². The fourth-order valence-corrected chi connectivity index (χ4v) is 2.16. The maximum Gasteiger partial charge on any atom is 0.234 e. The number of pyridine rings is 1. The van der Waals surface area contributed by atoms with Gasteiger partial charge in [-0.2, -0.15) is 0 Å². The van der Waals surface area contributed by atoms with Crippen LogP contribution in [-0.2, 0) is 4.79 Å². The van der Waals surface area contributed by atoms with E-state index in [1.54, 1.807) is 37.4 Å². The SMILES string of the molecule is Cc1ccc(NC(=O)CSc2ccc(N)nc2)cc1F. The number of amides is 1. The molecule has 2 aromatic rings. The molecule has 0 bridgehead atoms. The first-order valence-electron chi connectivity index (χ1n) is 5.95. The third-order valence-electron chi connectivity index (χ3n) is 2.58. The number of benzene rings is 1. The molecule has 0 aliphatic heterocycles. The van der Waals surface area contributed by atoms with Gasteiger partial charge in [-0.25, -0.2) is 9.37 Å². The number of carbonyl (C=O) groups excluding carboxylic acids is 1. The van der Waals surface area contributed by atoms with E-state index in [1.807, 2.05) is 0 Å². The van der Waals surface area contributed by atoms with Gasteiger partial charge in [0.25, 0.3) is 0 Å². The molecular weight excluding hydrogens is 277 g/mol. The quantitative estimate of drug-likeness (QED) is 0.850. The van der Waals surface area contributed by atoms with Crippen molar-refractivity contribution < 1.29 is 9.18 Å². The van der Waals surface area contributed by atoms with Crippen molar-refractivity contribution in [3.63, 3.8) is 0 Å². The lowest BCUT2D eigenvalue weighted by atomic mass is 10.2. The largest absolute Gasteiger partial charge is 0.384 e. The summed E-state index contributed by atoms with van der Waals surface area (Å²) in [5, 5.41) is 2.65. The molecule has 0 fully saturated rings. The van der Waals surface area contributed by atoms with Crippen molar-refractivity contribution >= 4 is 29.2 Å². The van der Waals surface area contributed by atoms with Gasteiger partial charge in [-0.05, 0) is 36.8 Å². The highest BCUT2D eigenvalue weighted by Gasteiger charge is 2.06. The molecule has 1 heterocycles. The van der Waals surface area contributed by atoms with Crippen LogP contribution in [0.3, 0.4) is 0 Å². The summed E-state index contributed by atoms with van der Waals surface area (Å²) in [6.45, 7) is 1.67. The lowest BCUT2D eigenvalue weighted by molar-refractivity contribution is -0.113. The minimum Gasteiger partial charge on any atom is -0.384 e. The van der Waals surface area contributed by atoms with Gasteiger partial charge in [0.05, 0.1) is 5.75 Å². The van der Waals surface area contributed by atoms with Gasteiger partial charge < -0.3 is 11.1 Å². The van der Waals surface area contributed by atoms with Crippen LogP contribution in [0.5, 0.6) is 0 Å². The molecule has 0 atom stereocenters. The van der Waals surface area contributed by atoms with Crippen LogP contribution in [0.4, 0.5) is 15.9 Å². The molecular formula is C14H14FN3OS. The summed E-state index contributed by atoms with van der Waals surface area (Å²) in [4.78, 5) is 16.5. The van der Waals surface area contributed by atoms with E-state index in [4.69, 9.17) is 5.73 Å². The van der Waals surface area contributed by atoms with Crippen LogP contribution in [0.1, 0.15) is 5.56 Å². The third kappa shape index (κ3) is 3.96. The Balaban J connectivity index is 1.89. The van der Waals surface area contributed by atoms with Crippen molar-refractivity contribution in [2.75, 3.05) is 16.8 Å². The average Bonchev–Trinajstić information content (AvgIpc) is 2.42. The number of hydrogen-bond donors (Lipinski definition) is 2. The summed E-state index contributed by atoms with van der Waals surface area (Å²) in [6, 6.07) is 8.08. The smallest absolute Gasteiger partial charge is 0.234 e. The van der Waals surface area contributed by atoms with Gasteiger partial charge in [-0.1, -0.05) is 6.07 Å². The second kappa shape index (κ2) is 6.38. The number of anilines is 2. The summed E-state index contributed by atoms with van der Waals surface area (Å²) >= 11 is 1.34. The van der Waals surface area contributed by atoms with E-state index in [2.05, 4.69) is 10.3 Å². The summed E-state index contributed by atoms with van der Waals surface area (Å²) < 4.78 is 13.3. The van der Waals surface area contributed by atoms with E-state index in [0.717, 1.165) is 4.90 Å². The lowest BCUT2D eigenvalue weighted by Gasteiger charge is -2.06. The van der Waals surface area contributed by atoms with Crippen LogP contribution in [0, 0.1) is 12.7 Å². The molecule has 0 saturated heterocycles. The monoisotopic (exact) mass is 291 g/mol. The standard InChI is InChI=1S/C14H14FN3OS/c1-9-2-3-10(6-12(9)15)18-14(19)8-20-11-4-5-13(16)17-7-11/h2-7H,8H2,1H3,(H2,16,17)(H,18,19). The molecule has 2 rings (SSSR count). The minimum absolute atomic E-state index is 0.199. The van der Waals surface area contributed by atoms with Crippen LogP contribution in [0.2, 0.25) is 0 Å². The number of nitrogens with one attached hydrogen (secondary N) is 1. The highest BCUT2D eigenvalue weighted by Crippen LogP contribution is 2.18. The summed E-state index contributed by atoms with van der Waals surface area (Å²) in [5.74, 6) is 0.128. The van der Waals surface area contributed by atoms with Crippen LogP contribution in [0.15, 0.2) is 41.4 Å². The Morgan fingerprint density at radius 2 is 2.20 bits per heavy atom. The van der Waals surface area contributed by atoms with Crippen LogP contribution >= 0.6 is 11.8 Å².